The maximum Gasteiger partial charge on any atom is 0.272 e. The predicted molar refractivity (Wildman–Crippen MR) is 195 cm³/mol. The fraction of sp³-hybridized carbons (Fsp3) is 0.0500. The topological polar surface area (TPSA) is 120 Å². The number of para-hydroxylation sites is 1. The first-order valence-corrected chi connectivity index (χ1v) is 16.4. The molecular weight excluding hydrogens is 633 g/mol. The van der Waals surface area contributed by atoms with Gasteiger partial charge in [0.15, 0.2) is 5.78 Å². The number of aromatic amines is 1. The number of rotatable bonds is 11. The Balaban J connectivity index is 1.24. The molecule has 242 valence electrons. The molecule has 0 radical (unpaired) electrons. The van der Waals surface area contributed by atoms with E-state index in [4.69, 9.17) is 0 Å². The molecule has 1 aromatic heterocycles. The second kappa shape index (κ2) is 15.1. The van der Waals surface area contributed by atoms with Gasteiger partial charge in [0.1, 0.15) is 10.9 Å². The van der Waals surface area contributed by atoms with Crippen LogP contribution in [0.15, 0.2) is 150 Å². The molecule has 49 heavy (non-hydrogen) atoms. The predicted octanol–water partition coefficient (Wildman–Crippen LogP) is 8.25. The van der Waals surface area contributed by atoms with Crippen LogP contribution in [-0.2, 0) is 9.59 Å². The lowest BCUT2D eigenvalue weighted by atomic mass is 10.1. The van der Waals surface area contributed by atoms with Crippen molar-refractivity contribution in [3.8, 4) is 0 Å². The van der Waals surface area contributed by atoms with E-state index in [9.17, 15) is 19.2 Å². The number of amides is 3. The van der Waals surface area contributed by atoms with Crippen molar-refractivity contribution in [2.75, 3.05) is 10.6 Å². The van der Waals surface area contributed by atoms with E-state index in [1.807, 2.05) is 66.7 Å². The number of hydrogen-bond donors (Lipinski definition) is 4. The van der Waals surface area contributed by atoms with Gasteiger partial charge in [0.05, 0.1) is 0 Å². The zero-order valence-corrected chi connectivity index (χ0v) is 27.3. The van der Waals surface area contributed by atoms with Crippen molar-refractivity contribution in [1.29, 1.82) is 0 Å². The van der Waals surface area contributed by atoms with Gasteiger partial charge in [-0.05, 0) is 79.2 Å². The monoisotopic (exact) mass is 664 g/mol. The number of carbonyl (C=O) groups is 4. The van der Waals surface area contributed by atoms with Gasteiger partial charge < -0.3 is 20.9 Å². The summed E-state index contributed by atoms with van der Waals surface area (Å²) < 4.78 is 0. The SMILES string of the molecule is CC(=O)c1ccc(NC(=O)C(Sc2cccc(NC(=O)/C(=C/c3c[nH]c4ccccc34)NC(=O)c3ccccc3)c2)c2ccccc2)cc1. The summed E-state index contributed by atoms with van der Waals surface area (Å²) in [5.74, 6) is -1.22. The molecule has 8 nitrogen and oxygen atoms in total. The lowest BCUT2D eigenvalue weighted by Crippen LogP contribution is -2.30. The summed E-state index contributed by atoms with van der Waals surface area (Å²) in [5, 5.41) is 8.96. The van der Waals surface area contributed by atoms with Crippen LogP contribution in [-0.4, -0.2) is 28.5 Å². The highest BCUT2D eigenvalue weighted by molar-refractivity contribution is 8.00. The van der Waals surface area contributed by atoms with Gasteiger partial charge in [-0.2, -0.15) is 0 Å². The number of ketones is 1. The quantitative estimate of drug-likeness (QED) is 0.0632. The Kier molecular flexibility index (Phi) is 10.1. The van der Waals surface area contributed by atoms with Crippen molar-refractivity contribution in [3.05, 3.63) is 168 Å². The van der Waals surface area contributed by atoms with Gasteiger partial charge in [-0.3, -0.25) is 19.2 Å². The molecule has 3 amide bonds. The average Bonchev–Trinajstić information content (AvgIpc) is 3.54. The molecule has 1 heterocycles. The normalized spacial score (nSPS) is 11.8. The van der Waals surface area contributed by atoms with E-state index < -0.39 is 17.1 Å². The molecule has 0 fully saturated rings. The lowest BCUT2D eigenvalue weighted by Gasteiger charge is -2.18. The first kappa shape index (κ1) is 32.7. The maximum absolute atomic E-state index is 13.8. The third kappa shape index (κ3) is 8.22. The fourth-order valence-electron chi connectivity index (χ4n) is 5.19. The van der Waals surface area contributed by atoms with Gasteiger partial charge in [0.25, 0.3) is 11.8 Å². The highest BCUT2D eigenvalue weighted by Crippen LogP contribution is 2.37. The van der Waals surface area contributed by atoms with Gasteiger partial charge in [0, 0.05) is 50.1 Å². The minimum Gasteiger partial charge on any atom is -0.361 e. The number of H-pyrrole nitrogens is 1. The number of nitrogens with one attached hydrogen (secondary N) is 4. The van der Waals surface area contributed by atoms with E-state index in [1.54, 1.807) is 79.0 Å². The molecule has 0 bridgehead atoms. The first-order chi connectivity index (χ1) is 23.8. The summed E-state index contributed by atoms with van der Waals surface area (Å²) in [6.45, 7) is 1.49. The third-order valence-corrected chi connectivity index (χ3v) is 8.94. The van der Waals surface area contributed by atoms with Crippen LogP contribution in [0.5, 0.6) is 0 Å². The number of aromatic nitrogens is 1. The number of anilines is 2. The van der Waals surface area contributed by atoms with Crippen molar-refractivity contribution < 1.29 is 19.2 Å². The third-order valence-electron chi connectivity index (χ3n) is 7.70. The molecule has 6 aromatic rings. The largest absolute Gasteiger partial charge is 0.361 e. The minimum absolute atomic E-state index is 0.0540. The van der Waals surface area contributed by atoms with E-state index in [1.165, 1.54) is 18.7 Å². The second-order valence-electron chi connectivity index (χ2n) is 11.2. The molecule has 6 rings (SSSR count). The van der Waals surface area contributed by atoms with Crippen molar-refractivity contribution in [3.63, 3.8) is 0 Å². The molecule has 9 heteroatoms. The van der Waals surface area contributed by atoms with E-state index in [0.29, 0.717) is 22.5 Å². The van der Waals surface area contributed by atoms with Crippen molar-refractivity contribution in [2.45, 2.75) is 17.1 Å². The number of benzene rings is 5. The highest BCUT2D eigenvalue weighted by atomic mass is 32.2. The van der Waals surface area contributed by atoms with Crippen LogP contribution in [0.25, 0.3) is 17.0 Å². The molecule has 0 spiro atoms. The Bertz CT molecular complexity index is 2160. The van der Waals surface area contributed by atoms with Gasteiger partial charge in [0.2, 0.25) is 5.91 Å². The van der Waals surface area contributed by atoms with Gasteiger partial charge in [-0.1, -0.05) is 72.8 Å². The smallest absolute Gasteiger partial charge is 0.272 e. The van der Waals surface area contributed by atoms with Crippen LogP contribution < -0.4 is 16.0 Å². The molecule has 0 aliphatic carbocycles. The summed E-state index contributed by atoms with van der Waals surface area (Å²) in [5.41, 5.74) is 4.54. The fourth-order valence-corrected chi connectivity index (χ4v) is 6.27. The lowest BCUT2D eigenvalue weighted by molar-refractivity contribution is -0.116. The van der Waals surface area contributed by atoms with Crippen LogP contribution in [0.1, 0.15) is 44.0 Å². The zero-order chi connectivity index (χ0) is 34.2. The van der Waals surface area contributed by atoms with Crippen molar-refractivity contribution in [2.24, 2.45) is 0 Å². The molecule has 0 aliphatic rings. The molecule has 0 saturated carbocycles. The van der Waals surface area contributed by atoms with E-state index in [2.05, 4.69) is 20.9 Å². The van der Waals surface area contributed by atoms with Crippen LogP contribution >= 0.6 is 11.8 Å². The molecular formula is C40H32N4O4S. The Morgan fingerprint density at radius 1 is 0.694 bits per heavy atom. The van der Waals surface area contributed by atoms with Gasteiger partial charge >= 0.3 is 0 Å². The van der Waals surface area contributed by atoms with Gasteiger partial charge in [-0.25, -0.2) is 0 Å². The standard InChI is InChI=1S/C40H32N4O4S/c1-26(45)27-19-21-31(22-20-27)42-40(48)37(28-11-4-2-5-12-28)49-33-16-10-15-32(24-33)43-39(47)36(44-38(46)29-13-6-3-7-14-29)23-30-25-41-35-18-9-8-17-34(30)35/h2-25,37,41H,1H3,(H,42,48)(H,43,47)(H,44,46)/b36-23-. The first-order valence-electron chi connectivity index (χ1n) is 15.5. The Hall–Kier alpha value is -6.19. The van der Waals surface area contributed by atoms with Crippen molar-refractivity contribution >= 4 is 63.6 Å². The molecule has 1 unspecified atom stereocenters. The average molecular weight is 665 g/mol. The Morgan fingerprint density at radius 3 is 2.12 bits per heavy atom. The van der Waals surface area contributed by atoms with E-state index in [-0.39, 0.29) is 17.4 Å². The molecule has 4 N–H and O–H groups in total. The Morgan fingerprint density at radius 2 is 1.39 bits per heavy atom. The minimum atomic E-state index is -0.623. The molecule has 5 aromatic carbocycles. The van der Waals surface area contributed by atoms with Crippen LogP contribution in [0.3, 0.4) is 0 Å². The number of thioether (sulfide) groups is 1. The van der Waals surface area contributed by atoms with E-state index in [0.717, 1.165) is 26.9 Å². The number of fused-ring (bicyclic) bond motifs is 1. The van der Waals surface area contributed by atoms with Crippen LogP contribution in [0.4, 0.5) is 11.4 Å². The summed E-state index contributed by atoms with van der Waals surface area (Å²) in [6.07, 6.45) is 3.43. The Labute approximate surface area is 287 Å². The molecule has 0 aliphatic heterocycles. The molecule has 0 saturated heterocycles. The molecule has 1 atom stereocenters. The number of hydrogen-bond acceptors (Lipinski definition) is 5. The summed E-state index contributed by atoms with van der Waals surface area (Å²) >= 11 is 1.33. The number of Topliss-reactive ketones (excluding diaryl/α,β-unsaturated/α-hetero) is 1. The summed E-state index contributed by atoms with van der Waals surface area (Å²) in [7, 11) is 0. The zero-order valence-electron chi connectivity index (χ0n) is 26.5. The van der Waals surface area contributed by atoms with Crippen molar-refractivity contribution in [1.82, 2.24) is 10.3 Å². The summed E-state index contributed by atoms with van der Waals surface area (Å²) in [4.78, 5) is 56.2. The summed E-state index contributed by atoms with van der Waals surface area (Å²) in [6, 6.07) is 39.8. The van der Waals surface area contributed by atoms with E-state index >= 15 is 0 Å². The highest BCUT2D eigenvalue weighted by Gasteiger charge is 2.23. The maximum atomic E-state index is 13.8. The second-order valence-corrected chi connectivity index (χ2v) is 12.4. The van der Waals surface area contributed by atoms with Crippen LogP contribution in [0.2, 0.25) is 0 Å². The number of carbonyl (C=O) groups excluding carboxylic acids is 4. The van der Waals surface area contributed by atoms with Gasteiger partial charge in [-0.15, -0.1) is 11.8 Å². The van der Waals surface area contributed by atoms with Crippen LogP contribution in [0, 0.1) is 0 Å².